The zero-order valence-electron chi connectivity index (χ0n) is 12.6. The van der Waals surface area contributed by atoms with E-state index in [9.17, 15) is 4.39 Å². The third-order valence-electron chi connectivity index (χ3n) is 4.33. The molecule has 1 saturated heterocycles. The molecule has 1 aromatic rings. The number of nitrogens with two attached hydrogens (primary N) is 1. The minimum Gasteiger partial charge on any atom is -0.371 e. The van der Waals surface area contributed by atoms with Crippen molar-refractivity contribution in [3.63, 3.8) is 0 Å². The first kappa shape index (κ1) is 15.3. The lowest BCUT2D eigenvalue weighted by atomic mass is 10.0. The second-order valence-electron chi connectivity index (χ2n) is 5.63. The third kappa shape index (κ3) is 3.70. The van der Waals surface area contributed by atoms with Crippen LogP contribution >= 0.6 is 0 Å². The van der Waals surface area contributed by atoms with E-state index in [-0.39, 0.29) is 5.82 Å². The first-order valence-electron chi connectivity index (χ1n) is 7.58. The van der Waals surface area contributed by atoms with Crippen molar-refractivity contribution >= 4 is 5.69 Å². The van der Waals surface area contributed by atoms with Crippen LogP contribution in [0.15, 0.2) is 18.2 Å². The van der Waals surface area contributed by atoms with Gasteiger partial charge in [-0.15, -0.1) is 0 Å². The Morgan fingerprint density at radius 3 is 2.60 bits per heavy atom. The fraction of sp³-hybridized carbons (Fsp3) is 0.625. The number of benzene rings is 1. The lowest BCUT2D eigenvalue weighted by Gasteiger charge is -2.37. The highest BCUT2D eigenvalue weighted by molar-refractivity contribution is 5.49. The van der Waals surface area contributed by atoms with Gasteiger partial charge in [0, 0.05) is 31.9 Å². The van der Waals surface area contributed by atoms with Crippen molar-refractivity contribution in [1.29, 1.82) is 0 Å². The maximum Gasteiger partial charge on any atom is 0.125 e. The van der Waals surface area contributed by atoms with Gasteiger partial charge in [-0.25, -0.2) is 4.39 Å². The molecule has 0 radical (unpaired) electrons. The van der Waals surface area contributed by atoms with Crippen LogP contribution in [0.1, 0.15) is 25.3 Å². The zero-order chi connectivity index (χ0) is 14.5. The highest BCUT2D eigenvalue weighted by Crippen LogP contribution is 2.24. The van der Waals surface area contributed by atoms with E-state index in [2.05, 4.69) is 29.8 Å². The second kappa shape index (κ2) is 7.04. The molecule has 2 N–H and O–H groups in total. The van der Waals surface area contributed by atoms with Gasteiger partial charge >= 0.3 is 0 Å². The van der Waals surface area contributed by atoms with E-state index < -0.39 is 0 Å². The van der Waals surface area contributed by atoms with Crippen molar-refractivity contribution < 1.29 is 4.39 Å². The second-order valence-corrected chi connectivity index (χ2v) is 5.63. The summed E-state index contributed by atoms with van der Waals surface area (Å²) in [6, 6.07) is 5.79. The van der Waals surface area contributed by atoms with Crippen molar-refractivity contribution in [1.82, 2.24) is 4.90 Å². The molecule has 0 saturated carbocycles. The lowest BCUT2D eigenvalue weighted by Crippen LogP contribution is -2.43. The van der Waals surface area contributed by atoms with Crippen LogP contribution in [0.2, 0.25) is 0 Å². The number of hydrogen-bond donors (Lipinski definition) is 1. The average molecular weight is 279 g/mol. The first-order chi connectivity index (χ1) is 9.63. The third-order valence-corrected chi connectivity index (χ3v) is 4.33. The molecule has 1 aliphatic heterocycles. The van der Waals surface area contributed by atoms with Crippen molar-refractivity contribution in [2.24, 2.45) is 5.73 Å². The van der Waals surface area contributed by atoms with Crippen LogP contribution in [-0.4, -0.2) is 44.2 Å². The predicted octanol–water partition coefficient (Wildman–Crippen LogP) is 2.25. The number of halogens is 1. The molecule has 4 heteroatoms. The van der Waals surface area contributed by atoms with Crippen LogP contribution in [0.25, 0.3) is 0 Å². The molecular formula is C16H26FN3. The van der Waals surface area contributed by atoms with Crippen molar-refractivity contribution in [2.75, 3.05) is 38.1 Å². The molecule has 0 amide bonds. The number of nitrogens with zero attached hydrogens (tertiary/aromatic N) is 2. The molecule has 0 atom stereocenters. The molecule has 1 heterocycles. The number of piperidine rings is 1. The van der Waals surface area contributed by atoms with Gasteiger partial charge in [0.1, 0.15) is 5.82 Å². The summed E-state index contributed by atoms with van der Waals surface area (Å²) in [5.74, 6) is -0.163. The fourth-order valence-corrected chi connectivity index (χ4v) is 2.98. The van der Waals surface area contributed by atoms with Gasteiger partial charge < -0.3 is 15.5 Å². The summed E-state index contributed by atoms with van der Waals surface area (Å²) in [5.41, 5.74) is 7.53. The van der Waals surface area contributed by atoms with Gasteiger partial charge in [-0.3, -0.25) is 0 Å². The molecule has 0 bridgehead atoms. The van der Waals surface area contributed by atoms with E-state index in [1.54, 1.807) is 12.1 Å². The normalized spacial score (nSPS) is 17.4. The lowest BCUT2D eigenvalue weighted by molar-refractivity contribution is 0.221. The highest BCUT2D eigenvalue weighted by atomic mass is 19.1. The van der Waals surface area contributed by atoms with Crippen LogP contribution in [0.4, 0.5) is 10.1 Å². The first-order valence-corrected chi connectivity index (χ1v) is 7.58. The van der Waals surface area contributed by atoms with E-state index >= 15 is 0 Å². The number of rotatable bonds is 5. The SMILES string of the molecule is CCN1CCC(N(C)c2cc(F)cc(CCN)c2)CC1. The number of anilines is 1. The number of likely N-dealkylation sites (tertiary alicyclic amines) is 1. The fourth-order valence-electron chi connectivity index (χ4n) is 2.98. The Hall–Kier alpha value is -1.13. The van der Waals surface area contributed by atoms with Gasteiger partial charge in [-0.05, 0) is 56.1 Å². The summed E-state index contributed by atoms with van der Waals surface area (Å²) in [7, 11) is 2.08. The maximum absolute atomic E-state index is 13.7. The van der Waals surface area contributed by atoms with Crippen molar-refractivity contribution in [3.8, 4) is 0 Å². The Morgan fingerprint density at radius 2 is 2.00 bits per heavy atom. The molecule has 0 aliphatic carbocycles. The molecule has 2 rings (SSSR count). The molecule has 1 aliphatic rings. The maximum atomic E-state index is 13.7. The van der Waals surface area contributed by atoms with E-state index in [0.717, 1.165) is 50.1 Å². The molecule has 3 nitrogen and oxygen atoms in total. The Labute approximate surface area is 121 Å². The summed E-state index contributed by atoms with van der Waals surface area (Å²) < 4.78 is 13.7. The minimum atomic E-state index is -0.163. The van der Waals surface area contributed by atoms with E-state index in [4.69, 9.17) is 5.73 Å². The molecule has 1 fully saturated rings. The molecular weight excluding hydrogens is 253 g/mol. The Morgan fingerprint density at radius 1 is 1.30 bits per heavy atom. The molecule has 0 spiro atoms. The number of hydrogen-bond acceptors (Lipinski definition) is 3. The van der Waals surface area contributed by atoms with Crippen LogP contribution in [0.3, 0.4) is 0 Å². The molecule has 0 aromatic heterocycles. The standard InChI is InChI=1S/C16H26FN3/c1-3-20-8-5-15(6-9-20)19(2)16-11-13(4-7-18)10-14(17)12-16/h10-12,15H,3-9,18H2,1-2H3. The van der Waals surface area contributed by atoms with Gasteiger partial charge in [0.2, 0.25) is 0 Å². The average Bonchev–Trinajstić information content (AvgIpc) is 2.46. The van der Waals surface area contributed by atoms with Gasteiger partial charge in [-0.2, -0.15) is 0 Å². The van der Waals surface area contributed by atoms with E-state index in [1.165, 1.54) is 0 Å². The van der Waals surface area contributed by atoms with Crippen molar-refractivity contribution in [2.45, 2.75) is 32.2 Å². The highest BCUT2D eigenvalue weighted by Gasteiger charge is 2.22. The topological polar surface area (TPSA) is 32.5 Å². The smallest absolute Gasteiger partial charge is 0.125 e. The van der Waals surface area contributed by atoms with Crippen LogP contribution < -0.4 is 10.6 Å². The summed E-state index contributed by atoms with van der Waals surface area (Å²) in [5, 5.41) is 0. The molecule has 112 valence electrons. The zero-order valence-corrected chi connectivity index (χ0v) is 12.6. The summed E-state index contributed by atoms with van der Waals surface area (Å²) in [4.78, 5) is 4.70. The van der Waals surface area contributed by atoms with Crippen molar-refractivity contribution in [3.05, 3.63) is 29.6 Å². The molecule has 1 aromatic carbocycles. The quantitative estimate of drug-likeness (QED) is 0.897. The van der Waals surface area contributed by atoms with Crippen LogP contribution in [0.5, 0.6) is 0 Å². The molecule has 0 unspecified atom stereocenters. The van der Waals surface area contributed by atoms with Gasteiger partial charge in [0.25, 0.3) is 0 Å². The van der Waals surface area contributed by atoms with Crippen LogP contribution in [-0.2, 0) is 6.42 Å². The summed E-state index contributed by atoms with van der Waals surface area (Å²) in [6.07, 6.45) is 3.02. The Bertz CT molecular complexity index is 428. The largest absolute Gasteiger partial charge is 0.371 e. The minimum absolute atomic E-state index is 0.163. The van der Waals surface area contributed by atoms with Crippen LogP contribution in [0, 0.1) is 5.82 Å². The van der Waals surface area contributed by atoms with Gasteiger partial charge in [0.05, 0.1) is 0 Å². The summed E-state index contributed by atoms with van der Waals surface area (Å²) >= 11 is 0. The molecule has 20 heavy (non-hydrogen) atoms. The van der Waals surface area contributed by atoms with E-state index in [1.807, 2.05) is 0 Å². The van der Waals surface area contributed by atoms with E-state index in [0.29, 0.717) is 12.6 Å². The summed E-state index contributed by atoms with van der Waals surface area (Å²) in [6.45, 7) is 6.15. The Balaban J connectivity index is 2.07. The Kier molecular flexibility index (Phi) is 5.38. The van der Waals surface area contributed by atoms with Gasteiger partial charge in [0.15, 0.2) is 0 Å². The monoisotopic (exact) mass is 279 g/mol. The predicted molar refractivity (Wildman–Crippen MR) is 82.7 cm³/mol. The van der Waals surface area contributed by atoms with Gasteiger partial charge in [-0.1, -0.05) is 6.92 Å².